The fourth-order valence-corrected chi connectivity index (χ4v) is 6.29. The molecule has 2 heterocycles. The van der Waals surface area contributed by atoms with E-state index in [0.29, 0.717) is 30.3 Å². The summed E-state index contributed by atoms with van der Waals surface area (Å²) in [4.78, 5) is 3.76. The quantitative estimate of drug-likeness (QED) is 0.505. The number of fused-ring (bicyclic) bond motifs is 1. The van der Waals surface area contributed by atoms with Crippen molar-refractivity contribution < 1.29 is 30.7 Å². The van der Waals surface area contributed by atoms with Crippen molar-refractivity contribution >= 4 is 19.9 Å². The second-order valence-electron chi connectivity index (χ2n) is 7.39. The monoisotopic (exact) mass is 492 g/mol. The average molecular weight is 493 g/mol. The lowest BCUT2D eigenvalue weighted by Crippen LogP contribution is -2.32. The van der Waals surface area contributed by atoms with E-state index in [4.69, 9.17) is 9.47 Å². The maximum atomic E-state index is 13.7. The van der Waals surface area contributed by atoms with Crippen LogP contribution in [0.5, 0.6) is 11.5 Å². The molecule has 11 heteroatoms. The van der Waals surface area contributed by atoms with Gasteiger partial charge in [-0.15, -0.1) is 0 Å². The molecule has 4 rings (SSSR count). The van der Waals surface area contributed by atoms with Crippen LogP contribution < -0.4 is 14.2 Å². The van der Waals surface area contributed by atoms with Crippen LogP contribution in [0.4, 0.5) is 4.39 Å². The van der Waals surface area contributed by atoms with Gasteiger partial charge in [0.15, 0.2) is 21.3 Å². The lowest BCUT2D eigenvalue weighted by molar-refractivity contribution is 0.171. The molecule has 1 N–H and O–H groups in total. The van der Waals surface area contributed by atoms with Crippen LogP contribution in [-0.4, -0.2) is 41.6 Å². The minimum absolute atomic E-state index is 0.0910. The normalized spacial score (nSPS) is 14.6. The predicted octanol–water partition coefficient (Wildman–Crippen LogP) is 2.79. The Morgan fingerprint density at radius 3 is 2.42 bits per heavy atom. The summed E-state index contributed by atoms with van der Waals surface area (Å²) in [6, 6.07) is 10.7. The minimum atomic E-state index is -4.09. The van der Waals surface area contributed by atoms with Crippen molar-refractivity contribution in [2.24, 2.45) is 0 Å². The Hall–Kier alpha value is -3.02. The molecular weight excluding hydrogens is 471 g/mol. The molecule has 2 aromatic carbocycles. The Morgan fingerprint density at radius 2 is 1.73 bits per heavy atom. The number of ether oxygens (including phenoxy) is 2. The number of sulfone groups is 1. The third-order valence-electron chi connectivity index (χ3n) is 5.17. The van der Waals surface area contributed by atoms with E-state index in [1.807, 2.05) is 0 Å². The molecule has 1 atom stereocenters. The molecule has 174 valence electrons. The van der Waals surface area contributed by atoms with Crippen molar-refractivity contribution in [2.45, 2.75) is 22.0 Å². The van der Waals surface area contributed by atoms with Gasteiger partial charge in [-0.1, -0.05) is 6.07 Å². The third-order valence-corrected chi connectivity index (χ3v) is 8.69. The van der Waals surface area contributed by atoms with Crippen molar-refractivity contribution in [1.82, 2.24) is 9.71 Å². The Labute approximate surface area is 191 Å². The first-order valence-electron chi connectivity index (χ1n) is 9.98. The van der Waals surface area contributed by atoms with Crippen molar-refractivity contribution in [2.75, 3.05) is 19.8 Å². The van der Waals surface area contributed by atoms with Crippen molar-refractivity contribution in [1.29, 1.82) is 0 Å². The second-order valence-corrected chi connectivity index (χ2v) is 11.3. The van der Waals surface area contributed by atoms with Crippen molar-refractivity contribution in [3.8, 4) is 11.5 Å². The van der Waals surface area contributed by atoms with Gasteiger partial charge in [0, 0.05) is 25.0 Å². The van der Waals surface area contributed by atoms with Crippen LogP contribution in [-0.2, 0) is 19.9 Å². The molecule has 1 aliphatic heterocycles. The van der Waals surface area contributed by atoms with Gasteiger partial charge < -0.3 is 9.47 Å². The van der Waals surface area contributed by atoms with E-state index in [-0.39, 0.29) is 15.4 Å². The van der Waals surface area contributed by atoms with Gasteiger partial charge in [-0.25, -0.2) is 25.9 Å². The van der Waals surface area contributed by atoms with Crippen molar-refractivity contribution in [3.05, 3.63) is 77.9 Å². The molecule has 33 heavy (non-hydrogen) atoms. The predicted molar refractivity (Wildman–Crippen MR) is 118 cm³/mol. The number of hydrogen-bond acceptors (Lipinski definition) is 7. The summed E-state index contributed by atoms with van der Waals surface area (Å²) in [6.45, 7) is 1.66. The number of halogens is 1. The lowest BCUT2D eigenvalue weighted by Gasteiger charge is -2.20. The Kier molecular flexibility index (Phi) is 6.37. The van der Waals surface area contributed by atoms with Crippen LogP contribution in [0.3, 0.4) is 0 Å². The van der Waals surface area contributed by atoms with Gasteiger partial charge in [-0.05, 0) is 54.4 Å². The van der Waals surface area contributed by atoms with E-state index in [2.05, 4.69) is 9.71 Å². The Morgan fingerprint density at radius 1 is 1.00 bits per heavy atom. The maximum Gasteiger partial charge on any atom is 0.240 e. The highest BCUT2D eigenvalue weighted by molar-refractivity contribution is 7.92. The van der Waals surface area contributed by atoms with Crippen LogP contribution in [0.25, 0.3) is 0 Å². The summed E-state index contributed by atoms with van der Waals surface area (Å²) in [6.07, 6.45) is 2.84. The molecule has 0 amide bonds. The summed E-state index contributed by atoms with van der Waals surface area (Å²) < 4.78 is 79.7. The highest BCUT2D eigenvalue weighted by Gasteiger charge is 2.32. The summed E-state index contributed by atoms with van der Waals surface area (Å²) >= 11 is 0. The fourth-order valence-electron chi connectivity index (χ4n) is 3.39. The summed E-state index contributed by atoms with van der Waals surface area (Å²) in [7, 11) is -8.18. The van der Waals surface area contributed by atoms with Gasteiger partial charge in [-0.2, -0.15) is 0 Å². The van der Waals surface area contributed by atoms with Gasteiger partial charge >= 0.3 is 0 Å². The molecule has 0 saturated heterocycles. The fraction of sp³-hybridized carbons (Fsp3) is 0.227. The molecule has 3 aromatic rings. The average Bonchev–Trinajstić information content (AvgIpc) is 2.81. The van der Waals surface area contributed by atoms with Crippen LogP contribution >= 0.6 is 0 Å². The number of aromatic nitrogens is 1. The lowest BCUT2D eigenvalue weighted by atomic mass is 10.2. The topological polar surface area (TPSA) is 112 Å². The molecule has 8 nitrogen and oxygen atoms in total. The van der Waals surface area contributed by atoms with E-state index < -0.39 is 37.5 Å². The minimum Gasteiger partial charge on any atom is -0.486 e. The SMILES string of the molecule is Cc1cc(S(=O)(=O)[C@@H](CNS(=O)(=O)c2ccc3c(c2)OCCO3)c2cccnc2)ccc1F. The van der Waals surface area contributed by atoms with E-state index >= 15 is 0 Å². The maximum absolute atomic E-state index is 13.7. The highest BCUT2D eigenvalue weighted by Crippen LogP contribution is 2.33. The van der Waals surface area contributed by atoms with Gasteiger partial charge in [0.2, 0.25) is 10.0 Å². The Bertz CT molecular complexity index is 1380. The molecule has 0 unspecified atom stereocenters. The number of benzene rings is 2. The number of aryl methyl sites for hydroxylation is 1. The number of rotatable bonds is 7. The number of nitrogens with one attached hydrogen (secondary N) is 1. The zero-order valence-electron chi connectivity index (χ0n) is 17.6. The summed E-state index contributed by atoms with van der Waals surface area (Å²) in [5, 5.41) is -1.29. The molecule has 0 fully saturated rings. The molecular formula is C22H21FN2O6S2. The molecule has 0 spiro atoms. The zero-order chi connectivity index (χ0) is 23.6. The molecule has 0 radical (unpaired) electrons. The molecule has 0 saturated carbocycles. The van der Waals surface area contributed by atoms with Crippen LogP contribution in [0.15, 0.2) is 70.7 Å². The summed E-state index contributed by atoms with van der Waals surface area (Å²) in [5.74, 6) is 0.191. The van der Waals surface area contributed by atoms with E-state index in [9.17, 15) is 21.2 Å². The molecule has 0 bridgehead atoms. The standard InChI is InChI=1S/C22H21FN2O6S2/c1-15-11-17(4-6-19(15)23)32(26,27)22(16-3-2-8-24-13-16)14-25-33(28,29)18-5-7-20-21(12-18)31-10-9-30-20/h2-8,11-13,22,25H,9-10,14H2,1H3/t22-/m0/s1. The van der Waals surface area contributed by atoms with Crippen molar-refractivity contribution in [3.63, 3.8) is 0 Å². The second kappa shape index (κ2) is 9.08. The number of hydrogen-bond donors (Lipinski definition) is 1. The van der Waals surface area contributed by atoms with E-state index in [1.165, 1.54) is 43.6 Å². The van der Waals surface area contributed by atoms with Gasteiger partial charge in [0.1, 0.15) is 24.3 Å². The first-order chi connectivity index (χ1) is 15.7. The highest BCUT2D eigenvalue weighted by atomic mass is 32.2. The van der Waals surface area contributed by atoms with Crippen LogP contribution in [0, 0.1) is 12.7 Å². The zero-order valence-corrected chi connectivity index (χ0v) is 19.2. The number of nitrogens with zero attached hydrogens (tertiary/aromatic N) is 1. The van der Waals surface area contributed by atoms with Gasteiger partial charge in [0.05, 0.1) is 9.79 Å². The largest absolute Gasteiger partial charge is 0.486 e. The van der Waals surface area contributed by atoms with Crippen LogP contribution in [0.1, 0.15) is 16.4 Å². The first kappa shape index (κ1) is 23.1. The van der Waals surface area contributed by atoms with Gasteiger partial charge in [0.25, 0.3) is 0 Å². The Balaban J connectivity index is 1.66. The number of pyridine rings is 1. The first-order valence-corrected chi connectivity index (χ1v) is 13.0. The number of sulfonamides is 1. The summed E-state index contributed by atoms with van der Waals surface area (Å²) in [5.41, 5.74) is 0.460. The molecule has 0 aliphatic carbocycles. The third kappa shape index (κ3) is 4.85. The smallest absolute Gasteiger partial charge is 0.240 e. The molecule has 1 aliphatic rings. The van der Waals surface area contributed by atoms with E-state index in [0.717, 1.165) is 12.1 Å². The van der Waals surface area contributed by atoms with E-state index in [1.54, 1.807) is 12.1 Å². The van der Waals surface area contributed by atoms with Gasteiger partial charge in [-0.3, -0.25) is 4.98 Å². The molecule has 1 aromatic heterocycles. The van der Waals surface area contributed by atoms with Crippen LogP contribution in [0.2, 0.25) is 0 Å².